The van der Waals surface area contributed by atoms with E-state index < -0.39 is 0 Å². The molecule has 1 aromatic carbocycles. The zero-order valence-electron chi connectivity index (χ0n) is 12.6. The number of para-hydroxylation sites is 1. The van der Waals surface area contributed by atoms with Gasteiger partial charge in [-0.2, -0.15) is 0 Å². The van der Waals surface area contributed by atoms with Gasteiger partial charge in [0, 0.05) is 6.54 Å². The van der Waals surface area contributed by atoms with Gasteiger partial charge in [-0.15, -0.1) is 11.6 Å². The Morgan fingerprint density at radius 2 is 2.14 bits per heavy atom. The van der Waals surface area contributed by atoms with Crippen molar-refractivity contribution in [1.82, 2.24) is 9.55 Å². The van der Waals surface area contributed by atoms with Gasteiger partial charge in [-0.25, -0.2) is 4.98 Å². The largest absolute Gasteiger partial charge is 0.494 e. The minimum Gasteiger partial charge on any atom is -0.494 e. The Hall–Kier alpha value is -1.22. The molecular weight excluding hydrogens is 284 g/mol. The lowest BCUT2D eigenvalue weighted by Gasteiger charge is -2.11. The molecule has 3 nitrogen and oxygen atoms in total. The first-order chi connectivity index (χ1) is 10.3. The molecule has 0 spiro atoms. The van der Waals surface area contributed by atoms with Gasteiger partial charge in [0.1, 0.15) is 17.1 Å². The lowest BCUT2D eigenvalue weighted by molar-refractivity contribution is 0.419. The molecular formula is C17H23ClN2O. The van der Waals surface area contributed by atoms with E-state index in [0.717, 1.165) is 35.1 Å². The van der Waals surface area contributed by atoms with Crippen LogP contribution in [0.4, 0.5) is 0 Å². The number of halogens is 1. The number of hydrogen-bond acceptors (Lipinski definition) is 2. The number of rotatable bonds is 6. The Morgan fingerprint density at radius 1 is 1.33 bits per heavy atom. The molecule has 1 aliphatic rings. The van der Waals surface area contributed by atoms with Crippen molar-refractivity contribution in [2.75, 3.05) is 7.11 Å². The third kappa shape index (κ3) is 3.03. The first kappa shape index (κ1) is 14.7. The summed E-state index contributed by atoms with van der Waals surface area (Å²) < 4.78 is 7.67. The normalized spacial score (nSPS) is 15.9. The summed E-state index contributed by atoms with van der Waals surface area (Å²) in [5.74, 6) is 3.16. The third-order valence-corrected chi connectivity index (χ3v) is 4.87. The molecule has 0 aliphatic heterocycles. The number of benzene rings is 1. The number of methoxy groups -OCH3 is 1. The molecule has 1 aliphatic carbocycles. The number of imidazole rings is 1. The molecule has 0 radical (unpaired) electrons. The number of alkyl halides is 1. The third-order valence-electron chi connectivity index (χ3n) is 4.63. The summed E-state index contributed by atoms with van der Waals surface area (Å²) in [4.78, 5) is 4.66. The van der Waals surface area contributed by atoms with Crippen molar-refractivity contribution in [2.24, 2.45) is 5.92 Å². The molecule has 114 valence electrons. The van der Waals surface area contributed by atoms with Gasteiger partial charge in [0.15, 0.2) is 0 Å². The average molecular weight is 307 g/mol. The van der Waals surface area contributed by atoms with Crippen LogP contribution < -0.4 is 4.74 Å². The summed E-state index contributed by atoms with van der Waals surface area (Å²) in [5, 5.41) is 0. The van der Waals surface area contributed by atoms with Crippen molar-refractivity contribution >= 4 is 22.6 Å². The summed E-state index contributed by atoms with van der Waals surface area (Å²) in [5.41, 5.74) is 2.06. The van der Waals surface area contributed by atoms with Gasteiger partial charge in [-0.1, -0.05) is 31.7 Å². The monoisotopic (exact) mass is 306 g/mol. The molecule has 1 heterocycles. The van der Waals surface area contributed by atoms with Crippen molar-refractivity contribution < 1.29 is 4.74 Å². The van der Waals surface area contributed by atoms with Crippen molar-refractivity contribution in [3.05, 3.63) is 24.0 Å². The van der Waals surface area contributed by atoms with E-state index in [9.17, 15) is 0 Å². The highest BCUT2D eigenvalue weighted by atomic mass is 35.5. The van der Waals surface area contributed by atoms with Crippen LogP contribution in [-0.2, 0) is 12.4 Å². The van der Waals surface area contributed by atoms with Crippen LogP contribution in [0.2, 0.25) is 0 Å². The number of aryl methyl sites for hydroxylation is 1. The minimum atomic E-state index is 0.446. The first-order valence-corrected chi connectivity index (χ1v) is 8.45. The van der Waals surface area contributed by atoms with E-state index >= 15 is 0 Å². The van der Waals surface area contributed by atoms with Gasteiger partial charge in [0.25, 0.3) is 0 Å². The average Bonchev–Trinajstić information content (AvgIpc) is 3.14. The Kier molecular flexibility index (Phi) is 4.69. The van der Waals surface area contributed by atoms with Crippen LogP contribution in [-0.4, -0.2) is 16.7 Å². The van der Waals surface area contributed by atoms with E-state index in [1.807, 2.05) is 12.1 Å². The van der Waals surface area contributed by atoms with Crippen molar-refractivity contribution in [2.45, 2.75) is 50.9 Å². The summed E-state index contributed by atoms with van der Waals surface area (Å²) >= 11 is 6.08. The summed E-state index contributed by atoms with van der Waals surface area (Å²) in [6, 6.07) is 6.08. The topological polar surface area (TPSA) is 27.1 Å². The van der Waals surface area contributed by atoms with Crippen LogP contribution >= 0.6 is 11.6 Å². The Balaban J connectivity index is 1.79. The molecule has 0 amide bonds. The van der Waals surface area contributed by atoms with Gasteiger partial charge in [-0.05, 0) is 30.9 Å². The van der Waals surface area contributed by atoms with E-state index in [4.69, 9.17) is 16.3 Å². The highest BCUT2D eigenvalue weighted by Crippen LogP contribution is 2.30. The molecule has 2 aromatic rings. The first-order valence-electron chi connectivity index (χ1n) is 7.91. The maximum atomic E-state index is 6.08. The molecule has 1 saturated carbocycles. The molecule has 1 aromatic heterocycles. The summed E-state index contributed by atoms with van der Waals surface area (Å²) in [6.45, 7) is 1.00. The fourth-order valence-corrected chi connectivity index (χ4v) is 3.73. The number of aromatic nitrogens is 2. The molecule has 0 saturated heterocycles. The predicted octanol–water partition coefficient (Wildman–Crippen LogP) is 4.75. The Morgan fingerprint density at radius 3 is 2.86 bits per heavy atom. The molecule has 4 heteroatoms. The van der Waals surface area contributed by atoms with Crippen LogP contribution in [0.25, 0.3) is 11.0 Å². The summed E-state index contributed by atoms with van der Waals surface area (Å²) in [6.07, 6.45) is 8.20. The van der Waals surface area contributed by atoms with Gasteiger partial charge in [0.05, 0.1) is 18.5 Å². The van der Waals surface area contributed by atoms with Crippen molar-refractivity contribution in [1.29, 1.82) is 0 Å². The molecule has 0 bridgehead atoms. The number of fused-ring (bicyclic) bond motifs is 1. The number of hydrogen-bond donors (Lipinski definition) is 0. The van der Waals surface area contributed by atoms with Gasteiger partial charge < -0.3 is 9.30 Å². The Bertz CT molecular complexity index is 602. The van der Waals surface area contributed by atoms with Gasteiger partial charge in [-0.3, -0.25) is 0 Å². The molecule has 1 fully saturated rings. The van der Waals surface area contributed by atoms with E-state index in [-0.39, 0.29) is 0 Å². The highest BCUT2D eigenvalue weighted by Gasteiger charge is 2.16. The lowest BCUT2D eigenvalue weighted by atomic mass is 10.0. The van der Waals surface area contributed by atoms with E-state index in [1.165, 1.54) is 38.5 Å². The second-order valence-corrected chi connectivity index (χ2v) is 6.20. The van der Waals surface area contributed by atoms with Gasteiger partial charge >= 0.3 is 0 Å². The smallest absolute Gasteiger partial charge is 0.146 e. The fourth-order valence-electron chi connectivity index (χ4n) is 3.52. The predicted molar refractivity (Wildman–Crippen MR) is 87.0 cm³/mol. The molecule has 0 atom stereocenters. The van der Waals surface area contributed by atoms with Crippen LogP contribution in [0, 0.1) is 5.92 Å². The standard InChI is InChI=1S/C17H23ClN2O/c1-21-15-10-4-9-14-17(15)19-16(12-18)20(14)11-5-8-13-6-2-3-7-13/h4,9-10,13H,2-3,5-8,11-12H2,1H3. The second kappa shape index (κ2) is 6.69. The van der Waals surface area contributed by atoms with Crippen LogP contribution in [0.1, 0.15) is 44.3 Å². The minimum absolute atomic E-state index is 0.446. The van der Waals surface area contributed by atoms with Crippen molar-refractivity contribution in [3.8, 4) is 5.75 Å². The zero-order valence-corrected chi connectivity index (χ0v) is 13.4. The molecule has 3 rings (SSSR count). The second-order valence-electron chi connectivity index (χ2n) is 5.93. The SMILES string of the molecule is COc1cccc2c1nc(CCl)n2CCCC1CCCC1. The number of nitrogens with zero attached hydrogens (tertiary/aromatic N) is 2. The number of ether oxygens (including phenoxy) is 1. The highest BCUT2D eigenvalue weighted by molar-refractivity contribution is 6.16. The Labute approximate surface area is 131 Å². The maximum absolute atomic E-state index is 6.08. The maximum Gasteiger partial charge on any atom is 0.146 e. The zero-order chi connectivity index (χ0) is 14.7. The molecule has 21 heavy (non-hydrogen) atoms. The molecule has 0 unspecified atom stereocenters. The van der Waals surface area contributed by atoms with Crippen LogP contribution in [0.5, 0.6) is 5.75 Å². The molecule has 0 N–H and O–H groups in total. The lowest BCUT2D eigenvalue weighted by Crippen LogP contribution is -2.04. The van der Waals surface area contributed by atoms with Crippen LogP contribution in [0.15, 0.2) is 18.2 Å². The van der Waals surface area contributed by atoms with E-state index in [1.54, 1.807) is 7.11 Å². The van der Waals surface area contributed by atoms with E-state index in [0.29, 0.717) is 5.88 Å². The van der Waals surface area contributed by atoms with Crippen molar-refractivity contribution in [3.63, 3.8) is 0 Å². The fraction of sp³-hybridized carbons (Fsp3) is 0.588. The van der Waals surface area contributed by atoms with Gasteiger partial charge in [0.2, 0.25) is 0 Å². The summed E-state index contributed by atoms with van der Waals surface area (Å²) in [7, 11) is 1.69. The quantitative estimate of drug-likeness (QED) is 0.720. The van der Waals surface area contributed by atoms with E-state index in [2.05, 4.69) is 15.6 Å². The van der Waals surface area contributed by atoms with Crippen LogP contribution in [0.3, 0.4) is 0 Å².